The van der Waals surface area contributed by atoms with Gasteiger partial charge in [0.25, 0.3) is 10.1 Å². The second-order valence-corrected chi connectivity index (χ2v) is 4.97. The second-order valence-electron chi connectivity index (χ2n) is 3.38. The van der Waals surface area contributed by atoms with Crippen LogP contribution in [0.1, 0.15) is 18.9 Å². The summed E-state index contributed by atoms with van der Waals surface area (Å²) in [6.45, 7) is 5.60. The third-order valence-corrected chi connectivity index (χ3v) is 3.54. The average Bonchev–Trinajstić information content (AvgIpc) is 2.35. The molecule has 1 aromatic rings. The molecule has 0 radical (unpaired) electrons. The lowest BCUT2D eigenvalue weighted by atomic mass is 10.2. The van der Waals surface area contributed by atoms with Crippen LogP contribution in [0.25, 0.3) is 6.08 Å². The zero-order valence-corrected chi connectivity index (χ0v) is 10.8. The molecule has 0 aliphatic carbocycles. The molecule has 0 fully saturated rings. The minimum absolute atomic E-state index is 0.113. The van der Waals surface area contributed by atoms with Gasteiger partial charge in [-0.3, -0.25) is 4.18 Å². The Morgan fingerprint density at radius 3 is 2.65 bits per heavy atom. The molecule has 0 aliphatic rings. The van der Waals surface area contributed by atoms with Gasteiger partial charge in [-0.05, 0) is 30.2 Å². The van der Waals surface area contributed by atoms with Gasteiger partial charge in [-0.25, -0.2) is 0 Å². The Hall–Kier alpha value is -1.33. The highest BCUT2D eigenvalue weighted by Gasteiger charge is 2.18. The SMILES string of the molecule is C=Cc1cc(OC)ccc1S(=O)(=O)OCCC. The largest absolute Gasteiger partial charge is 0.497 e. The lowest BCUT2D eigenvalue weighted by molar-refractivity contribution is 0.318. The number of hydrogen-bond acceptors (Lipinski definition) is 4. The summed E-state index contributed by atoms with van der Waals surface area (Å²) in [5.41, 5.74) is 0.473. The maximum absolute atomic E-state index is 11.9. The summed E-state index contributed by atoms with van der Waals surface area (Å²) in [6, 6.07) is 4.64. The van der Waals surface area contributed by atoms with Crippen LogP contribution in [0, 0.1) is 0 Å². The van der Waals surface area contributed by atoms with Gasteiger partial charge < -0.3 is 4.74 Å². The van der Waals surface area contributed by atoms with Gasteiger partial charge in [-0.2, -0.15) is 8.42 Å². The summed E-state index contributed by atoms with van der Waals surface area (Å²) in [5, 5.41) is 0. The van der Waals surface area contributed by atoms with Crippen molar-refractivity contribution < 1.29 is 17.3 Å². The van der Waals surface area contributed by atoms with E-state index in [-0.39, 0.29) is 11.5 Å². The van der Waals surface area contributed by atoms with Crippen LogP contribution in [0.5, 0.6) is 5.75 Å². The Morgan fingerprint density at radius 1 is 1.41 bits per heavy atom. The molecule has 0 saturated heterocycles. The van der Waals surface area contributed by atoms with E-state index in [1.165, 1.54) is 19.3 Å². The molecular weight excluding hydrogens is 240 g/mol. The van der Waals surface area contributed by atoms with E-state index >= 15 is 0 Å². The Balaban J connectivity index is 3.17. The average molecular weight is 256 g/mol. The monoisotopic (exact) mass is 256 g/mol. The van der Waals surface area contributed by atoms with Gasteiger partial charge in [0.05, 0.1) is 13.7 Å². The maximum Gasteiger partial charge on any atom is 0.297 e. The fourth-order valence-corrected chi connectivity index (χ4v) is 2.48. The first-order valence-corrected chi connectivity index (χ1v) is 6.66. The van der Waals surface area contributed by atoms with E-state index in [0.29, 0.717) is 17.7 Å². The van der Waals surface area contributed by atoms with E-state index in [4.69, 9.17) is 8.92 Å². The van der Waals surface area contributed by atoms with Crippen LogP contribution in [0.15, 0.2) is 29.7 Å². The number of rotatable bonds is 6. The molecular formula is C12H16O4S. The molecule has 0 aromatic heterocycles. The molecule has 0 amide bonds. The van der Waals surface area contributed by atoms with E-state index in [0.717, 1.165) is 0 Å². The first-order chi connectivity index (χ1) is 8.05. The highest BCUT2D eigenvalue weighted by molar-refractivity contribution is 7.86. The lowest BCUT2D eigenvalue weighted by Crippen LogP contribution is -2.08. The van der Waals surface area contributed by atoms with Crippen molar-refractivity contribution in [1.82, 2.24) is 0 Å². The quantitative estimate of drug-likeness (QED) is 0.734. The molecule has 0 heterocycles. The zero-order valence-electron chi connectivity index (χ0n) is 9.97. The smallest absolute Gasteiger partial charge is 0.297 e. The number of hydrogen-bond donors (Lipinski definition) is 0. The van der Waals surface area contributed by atoms with Crippen LogP contribution in [0.4, 0.5) is 0 Å². The summed E-state index contributed by atoms with van der Waals surface area (Å²) in [5.74, 6) is 0.578. The van der Waals surface area contributed by atoms with Crippen LogP contribution < -0.4 is 4.74 Å². The summed E-state index contributed by atoms with van der Waals surface area (Å²) in [7, 11) is -2.20. The van der Waals surface area contributed by atoms with Gasteiger partial charge in [0.2, 0.25) is 0 Å². The van der Waals surface area contributed by atoms with Crippen molar-refractivity contribution in [3.05, 3.63) is 30.3 Å². The molecule has 0 atom stereocenters. The summed E-state index contributed by atoms with van der Waals surface area (Å²) in [4.78, 5) is 0.113. The second kappa shape index (κ2) is 5.84. The third-order valence-electron chi connectivity index (χ3n) is 2.15. The summed E-state index contributed by atoms with van der Waals surface area (Å²) in [6.07, 6.45) is 2.10. The molecule has 94 valence electrons. The first kappa shape index (κ1) is 13.7. The van der Waals surface area contributed by atoms with Gasteiger partial charge in [0, 0.05) is 0 Å². The van der Waals surface area contributed by atoms with Gasteiger partial charge in [-0.1, -0.05) is 19.6 Å². The molecule has 5 heteroatoms. The van der Waals surface area contributed by atoms with E-state index in [1.807, 2.05) is 6.92 Å². The molecule has 1 rings (SSSR count). The lowest BCUT2D eigenvalue weighted by Gasteiger charge is -2.09. The van der Waals surface area contributed by atoms with Gasteiger partial charge in [0.1, 0.15) is 10.6 Å². The summed E-state index contributed by atoms with van der Waals surface area (Å²) < 4.78 is 33.6. The van der Waals surface area contributed by atoms with E-state index in [2.05, 4.69) is 6.58 Å². The van der Waals surface area contributed by atoms with Crippen LogP contribution in [-0.4, -0.2) is 22.1 Å². The van der Waals surface area contributed by atoms with Crippen molar-refractivity contribution in [2.24, 2.45) is 0 Å². The molecule has 0 aliphatic heterocycles. The first-order valence-electron chi connectivity index (χ1n) is 5.25. The number of methoxy groups -OCH3 is 1. The minimum atomic E-state index is -3.72. The van der Waals surface area contributed by atoms with Crippen LogP contribution in [0.2, 0.25) is 0 Å². The van der Waals surface area contributed by atoms with E-state index in [1.54, 1.807) is 12.1 Å². The highest BCUT2D eigenvalue weighted by Crippen LogP contribution is 2.24. The molecule has 0 bridgehead atoms. The normalized spacial score (nSPS) is 11.2. The summed E-state index contributed by atoms with van der Waals surface area (Å²) >= 11 is 0. The third kappa shape index (κ3) is 3.31. The van der Waals surface area contributed by atoms with Crippen molar-refractivity contribution in [1.29, 1.82) is 0 Å². The predicted molar refractivity (Wildman–Crippen MR) is 66.5 cm³/mol. The standard InChI is InChI=1S/C12H16O4S/c1-4-8-16-17(13,14)12-7-6-11(15-3)9-10(12)5-2/h5-7,9H,2,4,8H2,1,3H3. The van der Waals surface area contributed by atoms with Crippen molar-refractivity contribution in [3.63, 3.8) is 0 Å². The minimum Gasteiger partial charge on any atom is -0.497 e. The molecule has 4 nitrogen and oxygen atoms in total. The van der Waals surface area contributed by atoms with Crippen LogP contribution in [-0.2, 0) is 14.3 Å². The Labute approximate surface area is 102 Å². The Kier molecular flexibility index (Phi) is 4.72. The molecule has 0 saturated carbocycles. The fraction of sp³-hybridized carbons (Fsp3) is 0.333. The van der Waals surface area contributed by atoms with Crippen LogP contribution in [0.3, 0.4) is 0 Å². The van der Waals surface area contributed by atoms with Gasteiger partial charge in [-0.15, -0.1) is 0 Å². The molecule has 17 heavy (non-hydrogen) atoms. The highest BCUT2D eigenvalue weighted by atomic mass is 32.2. The van der Waals surface area contributed by atoms with Crippen molar-refractivity contribution in [2.45, 2.75) is 18.2 Å². The van der Waals surface area contributed by atoms with E-state index < -0.39 is 10.1 Å². The molecule has 0 spiro atoms. The molecule has 0 N–H and O–H groups in total. The fourth-order valence-electron chi connectivity index (χ4n) is 1.30. The predicted octanol–water partition coefficient (Wildman–Crippen LogP) is 2.45. The Bertz CT molecular complexity index is 491. The maximum atomic E-state index is 11.9. The number of ether oxygens (including phenoxy) is 1. The van der Waals surface area contributed by atoms with Crippen molar-refractivity contribution in [2.75, 3.05) is 13.7 Å². The van der Waals surface area contributed by atoms with E-state index in [9.17, 15) is 8.42 Å². The Morgan fingerprint density at radius 2 is 2.12 bits per heavy atom. The van der Waals surface area contributed by atoms with Crippen molar-refractivity contribution >= 4 is 16.2 Å². The topological polar surface area (TPSA) is 52.6 Å². The zero-order chi connectivity index (χ0) is 12.9. The molecule has 0 unspecified atom stereocenters. The van der Waals surface area contributed by atoms with Crippen molar-refractivity contribution in [3.8, 4) is 5.75 Å². The van der Waals surface area contributed by atoms with Gasteiger partial charge in [0.15, 0.2) is 0 Å². The molecule has 1 aromatic carbocycles. The number of benzene rings is 1. The van der Waals surface area contributed by atoms with Gasteiger partial charge >= 0.3 is 0 Å². The van der Waals surface area contributed by atoms with Crippen LogP contribution >= 0.6 is 0 Å².